The van der Waals surface area contributed by atoms with Crippen molar-refractivity contribution in [3.63, 3.8) is 0 Å². The van der Waals surface area contributed by atoms with E-state index >= 15 is 0 Å². The van der Waals surface area contributed by atoms with Crippen molar-refractivity contribution in [2.24, 2.45) is 5.10 Å². The first kappa shape index (κ1) is 14.9. The predicted molar refractivity (Wildman–Crippen MR) is 87.2 cm³/mol. The van der Waals surface area contributed by atoms with Gasteiger partial charge in [0.2, 0.25) is 0 Å². The van der Waals surface area contributed by atoms with Crippen LogP contribution < -0.4 is 5.43 Å². The Labute approximate surface area is 127 Å². The second-order valence-corrected chi connectivity index (χ2v) is 7.04. The van der Waals surface area contributed by atoms with E-state index in [1.54, 1.807) is 22.7 Å². The molecule has 0 spiro atoms. The average Bonchev–Trinajstić information content (AvgIpc) is 3.01. The molecule has 0 bridgehead atoms. The van der Waals surface area contributed by atoms with Crippen molar-refractivity contribution in [1.29, 1.82) is 0 Å². The van der Waals surface area contributed by atoms with Crippen LogP contribution >= 0.6 is 22.7 Å². The summed E-state index contributed by atoms with van der Waals surface area (Å²) in [6.45, 7) is 8.10. The van der Waals surface area contributed by atoms with Gasteiger partial charge in [-0.1, -0.05) is 6.92 Å². The van der Waals surface area contributed by atoms with Gasteiger partial charge in [0.1, 0.15) is 0 Å². The Morgan fingerprint density at radius 2 is 2.00 bits per heavy atom. The first-order valence-electron chi connectivity index (χ1n) is 6.52. The van der Waals surface area contributed by atoms with Crippen LogP contribution in [-0.2, 0) is 6.42 Å². The van der Waals surface area contributed by atoms with Crippen molar-refractivity contribution < 1.29 is 4.79 Å². The van der Waals surface area contributed by atoms with Crippen molar-refractivity contribution in [3.8, 4) is 0 Å². The molecule has 2 aromatic rings. The Balaban J connectivity index is 2.07. The molecular formula is C15H18N2OS2. The number of rotatable bonds is 4. The molecule has 0 unspecified atom stereocenters. The largest absolute Gasteiger partial charge is 0.281 e. The second kappa shape index (κ2) is 6.33. The van der Waals surface area contributed by atoms with Crippen LogP contribution in [0, 0.1) is 13.8 Å². The van der Waals surface area contributed by atoms with Crippen LogP contribution in [0.3, 0.4) is 0 Å². The highest BCUT2D eigenvalue weighted by atomic mass is 32.1. The van der Waals surface area contributed by atoms with E-state index < -0.39 is 0 Å². The average molecular weight is 306 g/mol. The minimum absolute atomic E-state index is 0.134. The van der Waals surface area contributed by atoms with E-state index in [0.29, 0.717) is 0 Å². The number of amides is 1. The second-order valence-electron chi connectivity index (χ2n) is 4.62. The van der Waals surface area contributed by atoms with Gasteiger partial charge in [-0.3, -0.25) is 4.79 Å². The van der Waals surface area contributed by atoms with Gasteiger partial charge < -0.3 is 0 Å². The third-order valence-corrected chi connectivity index (χ3v) is 5.48. The molecule has 0 fully saturated rings. The molecule has 2 heterocycles. The number of hydrogen-bond donors (Lipinski definition) is 1. The van der Waals surface area contributed by atoms with E-state index in [-0.39, 0.29) is 5.91 Å². The molecule has 0 atom stereocenters. The van der Waals surface area contributed by atoms with E-state index in [9.17, 15) is 4.79 Å². The summed E-state index contributed by atoms with van der Waals surface area (Å²) in [6.07, 6.45) is 0.959. The van der Waals surface area contributed by atoms with E-state index in [4.69, 9.17) is 0 Å². The Bertz CT molecular complexity index is 653. The zero-order valence-corrected chi connectivity index (χ0v) is 13.7. The molecule has 0 aliphatic heterocycles. The molecule has 0 radical (unpaired) electrons. The predicted octanol–water partition coefficient (Wildman–Crippen LogP) is 4.14. The van der Waals surface area contributed by atoms with Crippen molar-refractivity contribution >= 4 is 34.3 Å². The summed E-state index contributed by atoms with van der Waals surface area (Å²) in [4.78, 5) is 16.4. The van der Waals surface area contributed by atoms with E-state index in [0.717, 1.165) is 21.9 Å². The topological polar surface area (TPSA) is 41.5 Å². The highest BCUT2D eigenvalue weighted by Crippen LogP contribution is 2.22. The van der Waals surface area contributed by atoms with E-state index in [1.807, 2.05) is 26.0 Å². The number of hydrazone groups is 1. The Morgan fingerprint density at radius 3 is 2.55 bits per heavy atom. The Kier molecular flexibility index (Phi) is 4.73. The monoisotopic (exact) mass is 306 g/mol. The maximum atomic E-state index is 12.1. The molecule has 20 heavy (non-hydrogen) atoms. The smallest absolute Gasteiger partial charge is 0.266 e. The normalized spacial score (nSPS) is 11.7. The Hall–Kier alpha value is -1.46. The number of aryl methyl sites for hydroxylation is 3. The van der Waals surface area contributed by atoms with E-state index in [2.05, 4.69) is 30.4 Å². The summed E-state index contributed by atoms with van der Waals surface area (Å²) in [5.74, 6) is -0.134. The molecule has 2 aromatic heterocycles. The standard InChI is InChI=1S/C15H18N2OS2/c1-5-12-9(2)8-14(20-12)15(18)17-16-11(4)13-7-6-10(3)19-13/h6-8H,5H2,1-4H3,(H,17,18)/b16-11-. The van der Waals surface area contributed by atoms with Gasteiger partial charge in [0.05, 0.1) is 15.5 Å². The maximum absolute atomic E-state index is 12.1. The number of nitrogens with zero attached hydrogens (tertiary/aromatic N) is 1. The zero-order valence-electron chi connectivity index (χ0n) is 12.1. The van der Waals surface area contributed by atoms with Gasteiger partial charge in [-0.2, -0.15) is 5.10 Å². The van der Waals surface area contributed by atoms with Crippen molar-refractivity contribution in [1.82, 2.24) is 5.43 Å². The lowest BCUT2D eigenvalue weighted by atomic mass is 10.2. The molecule has 0 saturated carbocycles. The van der Waals surface area contributed by atoms with Crippen molar-refractivity contribution in [2.45, 2.75) is 34.1 Å². The number of thiophene rings is 2. The fourth-order valence-electron chi connectivity index (χ4n) is 1.86. The molecule has 5 heteroatoms. The summed E-state index contributed by atoms with van der Waals surface area (Å²) in [7, 11) is 0. The number of hydrogen-bond acceptors (Lipinski definition) is 4. The van der Waals surface area contributed by atoms with Gasteiger partial charge in [-0.05, 0) is 51.0 Å². The van der Waals surface area contributed by atoms with Gasteiger partial charge >= 0.3 is 0 Å². The van der Waals surface area contributed by atoms with Gasteiger partial charge in [-0.15, -0.1) is 22.7 Å². The molecule has 0 aliphatic rings. The minimum Gasteiger partial charge on any atom is -0.266 e. The molecule has 0 aromatic carbocycles. The highest BCUT2D eigenvalue weighted by Gasteiger charge is 2.11. The molecule has 2 rings (SSSR count). The van der Waals surface area contributed by atoms with Crippen LogP contribution in [0.4, 0.5) is 0 Å². The van der Waals surface area contributed by atoms with Crippen LogP contribution in [0.2, 0.25) is 0 Å². The molecule has 0 aliphatic carbocycles. The van der Waals surface area contributed by atoms with Crippen LogP contribution in [0.5, 0.6) is 0 Å². The lowest BCUT2D eigenvalue weighted by Gasteiger charge is -1.99. The van der Waals surface area contributed by atoms with E-state index in [1.165, 1.54) is 15.3 Å². The highest BCUT2D eigenvalue weighted by molar-refractivity contribution is 7.14. The summed E-state index contributed by atoms with van der Waals surface area (Å²) in [5.41, 5.74) is 4.65. The third kappa shape index (κ3) is 3.35. The SMILES string of the molecule is CCc1sc(C(=O)N/N=C(/C)c2ccc(C)s2)cc1C. The van der Waals surface area contributed by atoms with Gasteiger partial charge in [0, 0.05) is 9.75 Å². The summed E-state index contributed by atoms with van der Waals surface area (Å²) in [6, 6.07) is 6.01. The quantitative estimate of drug-likeness (QED) is 0.669. The lowest BCUT2D eigenvalue weighted by molar-refractivity contribution is 0.0959. The first-order valence-corrected chi connectivity index (χ1v) is 8.15. The fraction of sp³-hybridized carbons (Fsp3) is 0.333. The molecule has 0 saturated heterocycles. The van der Waals surface area contributed by atoms with Crippen LogP contribution in [0.1, 0.15) is 43.7 Å². The van der Waals surface area contributed by atoms with Crippen molar-refractivity contribution in [3.05, 3.63) is 43.3 Å². The number of carbonyl (C=O) groups excluding carboxylic acids is 1. The minimum atomic E-state index is -0.134. The number of nitrogens with one attached hydrogen (secondary N) is 1. The van der Waals surface area contributed by atoms with Crippen LogP contribution in [-0.4, -0.2) is 11.6 Å². The Morgan fingerprint density at radius 1 is 1.25 bits per heavy atom. The molecule has 1 N–H and O–H groups in total. The van der Waals surface area contributed by atoms with Crippen molar-refractivity contribution in [2.75, 3.05) is 0 Å². The molecule has 3 nitrogen and oxygen atoms in total. The molecular weight excluding hydrogens is 288 g/mol. The fourth-order valence-corrected chi connectivity index (χ4v) is 3.67. The van der Waals surface area contributed by atoms with Crippen LogP contribution in [0.15, 0.2) is 23.3 Å². The van der Waals surface area contributed by atoms with Crippen LogP contribution in [0.25, 0.3) is 0 Å². The summed E-state index contributed by atoms with van der Waals surface area (Å²) < 4.78 is 0. The maximum Gasteiger partial charge on any atom is 0.281 e. The molecule has 1 amide bonds. The third-order valence-electron chi connectivity index (χ3n) is 2.99. The zero-order chi connectivity index (χ0) is 14.7. The van der Waals surface area contributed by atoms with Gasteiger partial charge in [0.15, 0.2) is 0 Å². The van der Waals surface area contributed by atoms with Gasteiger partial charge in [-0.25, -0.2) is 5.43 Å². The lowest BCUT2D eigenvalue weighted by Crippen LogP contribution is -2.17. The van der Waals surface area contributed by atoms with Gasteiger partial charge in [0.25, 0.3) is 5.91 Å². The summed E-state index contributed by atoms with van der Waals surface area (Å²) >= 11 is 3.21. The molecule has 106 valence electrons. The number of carbonyl (C=O) groups is 1. The first-order chi connectivity index (χ1) is 9.51. The summed E-state index contributed by atoms with van der Waals surface area (Å²) in [5, 5.41) is 4.18.